The quantitative estimate of drug-likeness (QED) is 0.520. The first-order valence-electron chi connectivity index (χ1n) is 6.41. The molecule has 0 fully saturated rings. The van der Waals surface area contributed by atoms with Crippen LogP contribution in [0.4, 0.5) is 0 Å². The van der Waals surface area contributed by atoms with E-state index in [-0.39, 0.29) is 0 Å². The molecule has 0 atom stereocenters. The van der Waals surface area contributed by atoms with Crippen molar-refractivity contribution in [2.24, 2.45) is 0 Å². The van der Waals surface area contributed by atoms with Crippen LogP contribution < -0.4 is 0 Å². The monoisotopic (exact) mass is 278 g/mol. The highest BCUT2D eigenvalue weighted by Gasteiger charge is 2.07. The molecular formula is C17H14N2S. The second-order valence-electron chi connectivity index (χ2n) is 4.35. The van der Waals surface area contributed by atoms with Crippen molar-refractivity contribution in [2.45, 2.75) is 5.03 Å². The Kier molecular flexibility index (Phi) is 3.79. The summed E-state index contributed by atoms with van der Waals surface area (Å²) in [6.45, 7) is 0. The van der Waals surface area contributed by atoms with E-state index in [2.05, 4.69) is 17.1 Å². The maximum atomic E-state index is 4.70. The topological polar surface area (TPSA) is 25.8 Å². The molecule has 0 aliphatic carbocycles. The fraction of sp³-hybridized carbons (Fsp3) is 0.0588. The summed E-state index contributed by atoms with van der Waals surface area (Å²) < 4.78 is 0. The van der Waals surface area contributed by atoms with Gasteiger partial charge in [-0.25, -0.2) is 9.97 Å². The summed E-state index contributed by atoms with van der Waals surface area (Å²) in [4.78, 5) is 9.30. The van der Waals surface area contributed by atoms with Gasteiger partial charge in [-0.05, 0) is 12.3 Å². The third-order valence-corrected chi connectivity index (χ3v) is 3.64. The number of aromatic nitrogens is 2. The Bertz CT molecular complexity index is 639. The van der Waals surface area contributed by atoms with Crippen LogP contribution in [0.5, 0.6) is 0 Å². The molecule has 3 aromatic rings. The van der Waals surface area contributed by atoms with Crippen LogP contribution in [0, 0.1) is 0 Å². The van der Waals surface area contributed by atoms with Crippen LogP contribution in [0.3, 0.4) is 0 Å². The predicted octanol–water partition coefficient (Wildman–Crippen LogP) is 4.53. The van der Waals surface area contributed by atoms with Gasteiger partial charge in [0.25, 0.3) is 0 Å². The minimum absolute atomic E-state index is 0.774. The van der Waals surface area contributed by atoms with Crippen LogP contribution in [0.1, 0.15) is 0 Å². The van der Waals surface area contributed by atoms with Crippen molar-refractivity contribution < 1.29 is 0 Å². The Balaban J connectivity index is 2.13. The zero-order valence-electron chi connectivity index (χ0n) is 11.2. The summed E-state index contributed by atoms with van der Waals surface area (Å²) in [5.41, 5.74) is 3.12. The van der Waals surface area contributed by atoms with Gasteiger partial charge in [-0.15, -0.1) is 11.8 Å². The van der Waals surface area contributed by atoms with Gasteiger partial charge in [0, 0.05) is 11.1 Å². The first-order chi connectivity index (χ1) is 9.86. The molecule has 3 rings (SSSR count). The molecule has 0 radical (unpaired) electrons. The highest BCUT2D eigenvalue weighted by Crippen LogP contribution is 2.25. The van der Waals surface area contributed by atoms with E-state index >= 15 is 0 Å². The second kappa shape index (κ2) is 5.88. The van der Waals surface area contributed by atoms with Crippen molar-refractivity contribution in [3.05, 3.63) is 66.7 Å². The number of hydrogen-bond acceptors (Lipinski definition) is 3. The van der Waals surface area contributed by atoms with Gasteiger partial charge in [-0.3, -0.25) is 0 Å². The first-order valence-corrected chi connectivity index (χ1v) is 7.63. The molecule has 1 heterocycles. The molecule has 0 aliphatic heterocycles. The molecule has 0 spiro atoms. The number of nitrogens with zero attached hydrogens (tertiary/aromatic N) is 2. The Hall–Kier alpha value is -2.13. The van der Waals surface area contributed by atoms with Gasteiger partial charge < -0.3 is 0 Å². The van der Waals surface area contributed by atoms with Crippen LogP contribution in [0.2, 0.25) is 0 Å². The third-order valence-electron chi connectivity index (χ3n) is 3.01. The maximum absolute atomic E-state index is 4.70. The van der Waals surface area contributed by atoms with Gasteiger partial charge in [0.1, 0.15) is 5.03 Å². The fourth-order valence-electron chi connectivity index (χ4n) is 2.00. The molecule has 0 unspecified atom stereocenters. The lowest BCUT2D eigenvalue weighted by Crippen LogP contribution is -1.94. The average molecular weight is 278 g/mol. The molecule has 0 bridgehead atoms. The SMILES string of the molecule is CSc1cc(-c2ccccc2)nc(-c2ccccc2)n1. The van der Waals surface area contributed by atoms with Gasteiger partial charge in [0.2, 0.25) is 0 Å². The first kappa shape index (κ1) is 12.9. The number of benzene rings is 2. The zero-order chi connectivity index (χ0) is 13.8. The smallest absolute Gasteiger partial charge is 0.161 e. The normalized spacial score (nSPS) is 10.4. The molecule has 2 aromatic carbocycles. The lowest BCUT2D eigenvalue weighted by molar-refractivity contribution is 1.07. The molecule has 0 amide bonds. The van der Waals surface area contributed by atoms with E-state index in [0.29, 0.717) is 0 Å². The predicted molar refractivity (Wildman–Crippen MR) is 84.7 cm³/mol. The largest absolute Gasteiger partial charge is 0.228 e. The molecule has 1 aromatic heterocycles. The van der Waals surface area contributed by atoms with Gasteiger partial charge in [0.05, 0.1) is 5.69 Å². The Morgan fingerprint density at radius 3 is 1.95 bits per heavy atom. The molecule has 98 valence electrons. The Labute approximate surface area is 122 Å². The Morgan fingerprint density at radius 2 is 1.35 bits per heavy atom. The van der Waals surface area contributed by atoms with Gasteiger partial charge in [-0.2, -0.15) is 0 Å². The van der Waals surface area contributed by atoms with Crippen molar-refractivity contribution in [2.75, 3.05) is 6.26 Å². The van der Waals surface area contributed by atoms with Crippen LogP contribution in [-0.2, 0) is 0 Å². The number of rotatable bonds is 3. The molecule has 2 nitrogen and oxygen atoms in total. The summed E-state index contributed by atoms with van der Waals surface area (Å²) in [5.74, 6) is 0.774. The van der Waals surface area contributed by atoms with E-state index in [9.17, 15) is 0 Å². The fourth-order valence-corrected chi connectivity index (χ4v) is 2.41. The molecule has 0 saturated carbocycles. The van der Waals surface area contributed by atoms with Crippen molar-refractivity contribution in [3.8, 4) is 22.6 Å². The highest BCUT2D eigenvalue weighted by atomic mass is 32.2. The van der Waals surface area contributed by atoms with E-state index < -0.39 is 0 Å². The lowest BCUT2D eigenvalue weighted by atomic mass is 10.1. The van der Waals surface area contributed by atoms with Crippen LogP contribution in [0.15, 0.2) is 71.8 Å². The van der Waals surface area contributed by atoms with E-state index in [1.54, 1.807) is 11.8 Å². The average Bonchev–Trinajstić information content (AvgIpc) is 2.56. The van der Waals surface area contributed by atoms with Crippen LogP contribution in [0.25, 0.3) is 22.6 Å². The van der Waals surface area contributed by atoms with Gasteiger partial charge >= 0.3 is 0 Å². The van der Waals surface area contributed by atoms with E-state index in [1.807, 2.05) is 60.9 Å². The summed E-state index contributed by atoms with van der Waals surface area (Å²) in [5, 5.41) is 0.984. The molecular weight excluding hydrogens is 264 g/mol. The van der Waals surface area contributed by atoms with Crippen molar-refractivity contribution in [3.63, 3.8) is 0 Å². The molecule has 0 N–H and O–H groups in total. The molecule has 3 heteroatoms. The lowest BCUT2D eigenvalue weighted by Gasteiger charge is -2.07. The number of thioether (sulfide) groups is 1. The summed E-state index contributed by atoms with van der Waals surface area (Å²) in [6, 6.07) is 22.3. The Morgan fingerprint density at radius 1 is 0.750 bits per heavy atom. The molecule has 0 saturated heterocycles. The summed E-state index contributed by atoms with van der Waals surface area (Å²) in [7, 11) is 0. The summed E-state index contributed by atoms with van der Waals surface area (Å²) >= 11 is 1.64. The van der Waals surface area contributed by atoms with Gasteiger partial charge in [0.15, 0.2) is 5.82 Å². The maximum Gasteiger partial charge on any atom is 0.161 e. The van der Waals surface area contributed by atoms with E-state index in [1.165, 1.54) is 0 Å². The molecule has 0 aliphatic rings. The van der Waals surface area contributed by atoms with E-state index in [4.69, 9.17) is 4.98 Å². The number of hydrogen-bond donors (Lipinski definition) is 0. The minimum atomic E-state index is 0.774. The van der Waals surface area contributed by atoms with Crippen LogP contribution >= 0.6 is 11.8 Å². The standard InChI is InChI=1S/C17H14N2S/c1-20-16-12-15(13-8-4-2-5-9-13)18-17(19-16)14-10-6-3-7-11-14/h2-12H,1H3. The van der Waals surface area contributed by atoms with Gasteiger partial charge in [-0.1, -0.05) is 60.7 Å². The van der Waals surface area contributed by atoms with Crippen molar-refractivity contribution in [1.82, 2.24) is 9.97 Å². The third kappa shape index (κ3) is 2.73. The second-order valence-corrected chi connectivity index (χ2v) is 5.18. The minimum Gasteiger partial charge on any atom is -0.228 e. The van der Waals surface area contributed by atoms with Crippen LogP contribution in [-0.4, -0.2) is 16.2 Å². The molecule has 20 heavy (non-hydrogen) atoms. The van der Waals surface area contributed by atoms with Crippen molar-refractivity contribution >= 4 is 11.8 Å². The zero-order valence-corrected chi connectivity index (χ0v) is 12.0. The van der Waals surface area contributed by atoms with Crippen molar-refractivity contribution in [1.29, 1.82) is 0 Å². The summed E-state index contributed by atoms with van der Waals surface area (Å²) in [6.07, 6.45) is 2.03. The highest BCUT2D eigenvalue weighted by molar-refractivity contribution is 7.98. The van der Waals surface area contributed by atoms with E-state index in [0.717, 1.165) is 27.7 Å².